The number of halogens is 1. The first kappa shape index (κ1) is 14.6. The first-order chi connectivity index (χ1) is 11.2. The molecule has 0 radical (unpaired) electrons. The number of nitrogens with zero attached hydrogens (tertiary/aromatic N) is 1. The van der Waals surface area contributed by atoms with E-state index in [9.17, 15) is 4.79 Å². The third-order valence-corrected chi connectivity index (χ3v) is 5.14. The van der Waals surface area contributed by atoms with Crippen LogP contribution >= 0.6 is 15.9 Å². The zero-order chi connectivity index (χ0) is 15.8. The predicted octanol–water partition coefficient (Wildman–Crippen LogP) is 4.04. The second-order valence-electron chi connectivity index (χ2n) is 5.89. The Kier molecular flexibility index (Phi) is 3.73. The van der Waals surface area contributed by atoms with Gasteiger partial charge in [0.2, 0.25) is 5.91 Å². The lowest BCUT2D eigenvalue weighted by Gasteiger charge is -2.27. The Balaban J connectivity index is 1.52. The molecule has 1 N–H and O–H groups in total. The molecule has 4 rings (SSSR count). The molecule has 5 heteroatoms. The molecule has 3 aromatic rings. The van der Waals surface area contributed by atoms with Crippen molar-refractivity contribution < 1.29 is 9.21 Å². The molecule has 4 nitrogen and oxygen atoms in total. The molecule has 0 bridgehead atoms. The molecule has 118 valence electrons. The average molecular weight is 373 g/mol. The van der Waals surface area contributed by atoms with Gasteiger partial charge in [-0.3, -0.25) is 4.79 Å². The van der Waals surface area contributed by atoms with Crippen molar-refractivity contribution in [3.05, 3.63) is 58.1 Å². The Hall–Kier alpha value is -2.01. The Morgan fingerprint density at radius 3 is 3.04 bits per heavy atom. The van der Waals surface area contributed by atoms with Crippen molar-refractivity contribution >= 4 is 32.7 Å². The van der Waals surface area contributed by atoms with Gasteiger partial charge in [0.05, 0.1) is 11.8 Å². The van der Waals surface area contributed by atoms with Gasteiger partial charge in [-0.2, -0.15) is 0 Å². The summed E-state index contributed by atoms with van der Waals surface area (Å²) in [6.07, 6.45) is 3.68. The maximum Gasteiger partial charge on any atom is 0.223 e. The first-order valence-electron chi connectivity index (χ1n) is 7.80. The number of hydrogen-bond donors (Lipinski definition) is 1. The van der Waals surface area contributed by atoms with Crippen LogP contribution in [0.2, 0.25) is 0 Å². The number of aryl methyl sites for hydroxylation is 1. The van der Waals surface area contributed by atoms with Gasteiger partial charge < -0.3 is 14.3 Å². The Morgan fingerprint density at radius 1 is 1.30 bits per heavy atom. The molecule has 0 fully saturated rings. The highest BCUT2D eigenvalue weighted by Crippen LogP contribution is 2.31. The average Bonchev–Trinajstić information content (AvgIpc) is 3.20. The van der Waals surface area contributed by atoms with Crippen LogP contribution in [0, 0.1) is 0 Å². The van der Waals surface area contributed by atoms with E-state index in [-0.39, 0.29) is 5.91 Å². The highest BCUT2D eigenvalue weighted by Gasteiger charge is 2.24. The van der Waals surface area contributed by atoms with Gasteiger partial charge in [0, 0.05) is 53.5 Å². The van der Waals surface area contributed by atoms with Crippen LogP contribution in [0.4, 0.5) is 0 Å². The van der Waals surface area contributed by atoms with Crippen molar-refractivity contribution in [1.29, 1.82) is 0 Å². The van der Waals surface area contributed by atoms with Crippen LogP contribution < -0.4 is 0 Å². The third kappa shape index (κ3) is 2.70. The van der Waals surface area contributed by atoms with Gasteiger partial charge in [-0.1, -0.05) is 12.1 Å². The summed E-state index contributed by atoms with van der Waals surface area (Å²) in [5.74, 6) is 1.06. The number of fused-ring (bicyclic) bond motifs is 3. The van der Waals surface area contributed by atoms with Crippen molar-refractivity contribution in [3.8, 4) is 0 Å². The van der Waals surface area contributed by atoms with Gasteiger partial charge in [0.1, 0.15) is 5.76 Å². The number of para-hydroxylation sites is 1. The van der Waals surface area contributed by atoms with Crippen molar-refractivity contribution in [3.63, 3.8) is 0 Å². The topological polar surface area (TPSA) is 49.2 Å². The number of aromatic nitrogens is 1. The van der Waals surface area contributed by atoms with E-state index in [1.54, 1.807) is 6.26 Å². The molecule has 1 amide bonds. The lowest BCUT2D eigenvalue weighted by Crippen LogP contribution is -2.35. The van der Waals surface area contributed by atoms with E-state index >= 15 is 0 Å². The van der Waals surface area contributed by atoms with Crippen LogP contribution in [0.25, 0.3) is 10.9 Å². The molecule has 1 aromatic carbocycles. The Morgan fingerprint density at radius 2 is 2.22 bits per heavy atom. The molecule has 0 aliphatic carbocycles. The zero-order valence-electron chi connectivity index (χ0n) is 12.6. The van der Waals surface area contributed by atoms with E-state index < -0.39 is 0 Å². The molecule has 0 saturated heterocycles. The molecule has 1 aliphatic heterocycles. The van der Waals surface area contributed by atoms with E-state index in [1.165, 1.54) is 16.6 Å². The van der Waals surface area contributed by atoms with Crippen LogP contribution in [-0.4, -0.2) is 22.3 Å². The third-order valence-electron chi connectivity index (χ3n) is 4.48. The Labute approximate surface area is 142 Å². The fourth-order valence-electron chi connectivity index (χ4n) is 3.26. The molecule has 3 heterocycles. The highest BCUT2D eigenvalue weighted by atomic mass is 79.9. The van der Waals surface area contributed by atoms with Crippen LogP contribution in [0.15, 0.2) is 45.5 Å². The lowest BCUT2D eigenvalue weighted by atomic mass is 10.0. The molecule has 23 heavy (non-hydrogen) atoms. The standard InChI is InChI=1S/C18H17BrN2O2/c19-15-5-1-4-13-14-11-21(9-8-16(14)20-18(13)15)17(22)7-6-12-3-2-10-23-12/h1-5,10,20H,6-9,11H2. The minimum Gasteiger partial charge on any atom is -0.469 e. The molecule has 0 unspecified atom stereocenters. The summed E-state index contributed by atoms with van der Waals surface area (Å²) < 4.78 is 6.37. The summed E-state index contributed by atoms with van der Waals surface area (Å²) in [7, 11) is 0. The number of hydrogen-bond acceptors (Lipinski definition) is 2. The van der Waals surface area contributed by atoms with Crippen molar-refractivity contribution in [2.24, 2.45) is 0 Å². The quantitative estimate of drug-likeness (QED) is 0.753. The summed E-state index contributed by atoms with van der Waals surface area (Å²) in [5, 5.41) is 1.21. The fourth-order valence-corrected chi connectivity index (χ4v) is 3.72. The van der Waals surface area contributed by atoms with Crippen LogP contribution in [-0.2, 0) is 24.2 Å². The number of nitrogens with one attached hydrogen (secondary N) is 1. The normalized spacial score (nSPS) is 14.2. The second kappa shape index (κ2) is 5.89. The second-order valence-corrected chi connectivity index (χ2v) is 6.74. The monoisotopic (exact) mass is 372 g/mol. The molecule has 2 aromatic heterocycles. The number of H-pyrrole nitrogens is 1. The van der Waals surface area contributed by atoms with E-state index in [4.69, 9.17) is 4.42 Å². The maximum atomic E-state index is 12.5. The van der Waals surface area contributed by atoms with Gasteiger partial charge >= 0.3 is 0 Å². The summed E-state index contributed by atoms with van der Waals surface area (Å²) in [6, 6.07) is 9.97. The number of carbonyl (C=O) groups is 1. The molecule has 1 aliphatic rings. The summed E-state index contributed by atoms with van der Waals surface area (Å²) >= 11 is 3.59. The zero-order valence-corrected chi connectivity index (χ0v) is 14.2. The molecule has 0 saturated carbocycles. The minimum atomic E-state index is 0.191. The van der Waals surface area contributed by atoms with Gasteiger partial charge in [-0.25, -0.2) is 0 Å². The molecule has 0 spiro atoms. The smallest absolute Gasteiger partial charge is 0.223 e. The molecular weight excluding hydrogens is 356 g/mol. The minimum absolute atomic E-state index is 0.191. The molecule has 0 atom stereocenters. The van der Waals surface area contributed by atoms with Crippen LogP contribution in [0.5, 0.6) is 0 Å². The largest absolute Gasteiger partial charge is 0.469 e. The number of rotatable bonds is 3. The van der Waals surface area contributed by atoms with E-state index in [0.717, 1.165) is 28.7 Å². The summed E-state index contributed by atoms with van der Waals surface area (Å²) in [6.45, 7) is 1.46. The number of carbonyl (C=O) groups excluding carboxylic acids is 1. The van der Waals surface area contributed by atoms with Gasteiger partial charge in [-0.05, 0) is 34.1 Å². The van der Waals surface area contributed by atoms with Crippen molar-refractivity contribution in [2.75, 3.05) is 6.54 Å². The van der Waals surface area contributed by atoms with Gasteiger partial charge in [0.15, 0.2) is 0 Å². The highest BCUT2D eigenvalue weighted by molar-refractivity contribution is 9.10. The van der Waals surface area contributed by atoms with Gasteiger partial charge in [-0.15, -0.1) is 0 Å². The fraction of sp³-hybridized carbons (Fsp3) is 0.278. The molecular formula is C18H17BrN2O2. The SMILES string of the molecule is O=C(CCc1ccco1)N1CCc2[nH]c3c(Br)cccc3c2C1. The predicted molar refractivity (Wildman–Crippen MR) is 92.1 cm³/mol. The van der Waals surface area contributed by atoms with Crippen molar-refractivity contribution in [1.82, 2.24) is 9.88 Å². The number of furan rings is 1. The van der Waals surface area contributed by atoms with E-state index in [0.29, 0.717) is 19.4 Å². The van der Waals surface area contributed by atoms with Gasteiger partial charge in [0.25, 0.3) is 0 Å². The van der Waals surface area contributed by atoms with E-state index in [1.807, 2.05) is 29.2 Å². The van der Waals surface area contributed by atoms with Crippen molar-refractivity contribution in [2.45, 2.75) is 25.8 Å². The summed E-state index contributed by atoms with van der Waals surface area (Å²) in [4.78, 5) is 17.9. The maximum absolute atomic E-state index is 12.5. The summed E-state index contributed by atoms with van der Waals surface area (Å²) in [5.41, 5.74) is 3.63. The van der Waals surface area contributed by atoms with E-state index in [2.05, 4.69) is 27.0 Å². The Bertz CT molecular complexity index is 851. The lowest BCUT2D eigenvalue weighted by molar-refractivity contribution is -0.132. The number of aromatic amines is 1. The number of amides is 1. The van der Waals surface area contributed by atoms with Crippen LogP contribution in [0.3, 0.4) is 0 Å². The van der Waals surface area contributed by atoms with Crippen LogP contribution in [0.1, 0.15) is 23.4 Å². The number of benzene rings is 1. The first-order valence-corrected chi connectivity index (χ1v) is 8.60.